The van der Waals surface area contributed by atoms with Crippen molar-refractivity contribution in [3.63, 3.8) is 0 Å². The molecule has 0 aromatic heterocycles. The molecule has 1 unspecified atom stereocenters. The highest BCUT2D eigenvalue weighted by Crippen LogP contribution is 2.42. The quantitative estimate of drug-likeness (QED) is 0.783. The number of carbonyl (C=O) groups excluding carboxylic acids is 1. The summed E-state index contributed by atoms with van der Waals surface area (Å²) in [5, 5.41) is 12.5. The van der Waals surface area contributed by atoms with Gasteiger partial charge >= 0.3 is 0 Å². The molecule has 3 nitrogen and oxygen atoms in total. The fourth-order valence-corrected chi connectivity index (χ4v) is 4.53. The van der Waals surface area contributed by atoms with Crippen LogP contribution in [0.5, 0.6) is 0 Å². The van der Waals surface area contributed by atoms with Crippen LogP contribution in [-0.4, -0.2) is 23.7 Å². The van der Waals surface area contributed by atoms with Gasteiger partial charge in [0.1, 0.15) is 0 Å². The molecule has 2 atom stereocenters. The van der Waals surface area contributed by atoms with Gasteiger partial charge in [-0.2, -0.15) is 0 Å². The maximum absolute atomic E-state index is 12.8. The Morgan fingerprint density at radius 1 is 1.14 bits per heavy atom. The molecule has 1 amide bonds. The van der Waals surface area contributed by atoms with E-state index >= 15 is 0 Å². The van der Waals surface area contributed by atoms with Gasteiger partial charge in [-0.15, -0.1) is 0 Å². The number of hydrogen-bond acceptors (Lipinski definition) is 2. The summed E-state index contributed by atoms with van der Waals surface area (Å²) in [4.78, 5) is 12.8. The minimum absolute atomic E-state index is 0.113. The summed E-state index contributed by atoms with van der Waals surface area (Å²) in [6.45, 7) is 7.08. The summed E-state index contributed by atoms with van der Waals surface area (Å²) in [7, 11) is 0. The zero-order valence-electron chi connectivity index (χ0n) is 14.0. The van der Waals surface area contributed by atoms with E-state index in [1.54, 1.807) is 0 Å². The van der Waals surface area contributed by atoms with Crippen LogP contribution in [0.25, 0.3) is 0 Å². The Bertz CT molecular complexity index is 345. The van der Waals surface area contributed by atoms with E-state index in [2.05, 4.69) is 26.1 Å². The minimum Gasteiger partial charge on any atom is -0.396 e. The second kappa shape index (κ2) is 7.13. The number of rotatable bonds is 3. The molecule has 0 radical (unpaired) electrons. The van der Waals surface area contributed by atoms with E-state index < -0.39 is 0 Å². The third-order valence-electron chi connectivity index (χ3n) is 5.88. The monoisotopic (exact) mass is 295 g/mol. The van der Waals surface area contributed by atoms with Crippen LogP contribution in [0.3, 0.4) is 0 Å². The van der Waals surface area contributed by atoms with Crippen LogP contribution in [-0.2, 0) is 4.79 Å². The van der Waals surface area contributed by atoms with Gasteiger partial charge in [-0.1, -0.05) is 33.6 Å². The first kappa shape index (κ1) is 16.8. The number of aliphatic hydroxyl groups excluding tert-OH is 1. The molecular formula is C18H33NO2. The van der Waals surface area contributed by atoms with Crippen molar-refractivity contribution in [1.82, 2.24) is 5.32 Å². The first-order valence-electron chi connectivity index (χ1n) is 8.85. The van der Waals surface area contributed by atoms with Gasteiger partial charge in [0.25, 0.3) is 0 Å². The number of carbonyl (C=O) groups is 1. The van der Waals surface area contributed by atoms with Gasteiger partial charge in [0.05, 0.1) is 0 Å². The Hall–Kier alpha value is -0.570. The Morgan fingerprint density at radius 2 is 1.81 bits per heavy atom. The summed E-state index contributed by atoms with van der Waals surface area (Å²) in [6, 6.07) is 0.326. The van der Waals surface area contributed by atoms with Gasteiger partial charge in [0.15, 0.2) is 0 Å². The number of aliphatic hydroxyl groups is 1. The van der Waals surface area contributed by atoms with Crippen molar-refractivity contribution in [2.75, 3.05) is 6.61 Å². The lowest BCUT2D eigenvalue weighted by Crippen LogP contribution is -2.47. The van der Waals surface area contributed by atoms with Gasteiger partial charge in [-0.25, -0.2) is 0 Å². The molecule has 2 aliphatic carbocycles. The average molecular weight is 295 g/mol. The smallest absolute Gasteiger partial charge is 0.224 e. The van der Waals surface area contributed by atoms with Crippen LogP contribution < -0.4 is 5.32 Å². The molecule has 2 aliphatic rings. The topological polar surface area (TPSA) is 49.3 Å². The van der Waals surface area contributed by atoms with Crippen LogP contribution in [0.15, 0.2) is 0 Å². The van der Waals surface area contributed by atoms with Crippen molar-refractivity contribution >= 4 is 5.91 Å². The van der Waals surface area contributed by atoms with E-state index in [-0.39, 0.29) is 17.2 Å². The van der Waals surface area contributed by atoms with Crippen molar-refractivity contribution in [2.24, 2.45) is 23.2 Å². The molecular weight excluding hydrogens is 262 g/mol. The molecule has 0 saturated heterocycles. The van der Waals surface area contributed by atoms with Crippen molar-refractivity contribution in [2.45, 2.75) is 78.2 Å². The zero-order valence-corrected chi connectivity index (χ0v) is 14.0. The largest absolute Gasteiger partial charge is 0.396 e. The zero-order chi connectivity index (χ0) is 15.5. The molecule has 0 heterocycles. The molecule has 0 aromatic carbocycles. The predicted octanol–water partition coefficient (Wildman–Crippen LogP) is 3.51. The van der Waals surface area contributed by atoms with Crippen LogP contribution >= 0.6 is 0 Å². The lowest BCUT2D eigenvalue weighted by molar-refractivity contribution is -0.131. The Labute approximate surface area is 129 Å². The highest BCUT2D eigenvalue weighted by Gasteiger charge is 2.40. The fraction of sp³-hybridized carbons (Fsp3) is 0.944. The van der Waals surface area contributed by atoms with Gasteiger partial charge in [0.2, 0.25) is 5.91 Å². The van der Waals surface area contributed by atoms with Gasteiger partial charge in [0, 0.05) is 18.6 Å². The lowest BCUT2D eigenvalue weighted by atomic mass is 9.70. The molecule has 0 bridgehead atoms. The predicted molar refractivity (Wildman–Crippen MR) is 85.9 cm³/mol. The maximum atomic E-state index is 12.8. The molecule has 2 fully saturated rings. The Kier molecular flexibility index (Phi) is 5.70. The first-order chi connectivity index (χ1) is 9.94. The molecule has 0 aliphatic heterocycles. The van der Waals surface area contributed by atoms with Crippen molar-refractivity contribution in [3.8, 4) is 0 Å². The first-order valence-corrected chi connectivity index (χ1v) is 8.85. The van der Waals surface area contributed by atoms with Crippen molar-refractivity contribution in [1.29, 1.82) is 0 Å². The highest BCUT2D eigenvalue weighted by atomic mass is 16.3. The van der Waals surface area contributed by atoms with Crippen molar-refractivity contribution < 1.29 is 9.90 Å². The van der Waals surface area contributed by atoms with E-state index in [9.17, 15) is 9.90 Å². The molecule has 3 heteroatoms. The van der Waals surface area contributed by atoms with Gasteiger partial charge in [-0.05, 0) is 55.8 Å². The maximum Gasteiger partial charge on any atom is 0.224 e. The third kappa shape index (κ3) is 4.21. The summed E-state index contributed by atoms with van der Waals surface area (Å²) in [6.07, 6.45) is 9.00. The second-order valence-corrected chi connectivity index (χ2v) is 8.10. The Balaban J connectivity index is 1.94. The summed E-state index contributed by atoms with van der Waals surface area (Å²) >= 11 is 0. The highest BCUT2D eigenvalue weighted by molar-refractivity contribution is 5.80. The number of hydrogen-bond donors (Lipinski definition) is 2. The van der Waals surface area contributed by atoms with E-state index in [1.165, 1.54) is 19.3 Å². The molecule has 2 rings (SSSR count). The van der Waals surface area contributed by atoms with E-state index in [1.807, 2.05) is 0 Å². The second-order valence-electron chi connectivity index (χ2n) is 8.10. The molecule has 21 heavy (non-hydrogen) atoms. The van der Waals surface area contributed by atoms with Crippen LogP contribution in [0.4, 0.5) is 0 Å². The summed E-state index contributed by atoms with van der Waals surface area (Å²) in [5.41, 5.74) is 0.113. The third-order valence-corrected chi connectivity index (χ3v) is 5.88. The van der Waals surface area contributed by atoms with Gasteiger partial charge in [-0.3, -0.25) is 4.79 Å². The van der Waals surface area contributed by atoms with Crippen LogP contribution in [0, 0.1) is 23.2 Å². The standard InChI is InChI=1S/C18H33NO2/c1-13-6-4-5-11-18(2,3)16(13)17(21)19-15-9-7-14(12-20)8-10-15/h13-16,20H,4-12H2,1-3H3,(H,19,21)/t13-,14?,15?,16?/m0/s1. The number of amides is 1. The van der Waals surface area contributed by atoms with E-state index in [0.717, 1.165) is 32.1 Å². The van der Waals surface area contributed by atoms with Crippen LogP contribution in [0.2, 0.25) is 0 Å². The number of nitrogens with one attached hydrogen (secondary N) is 1. The molecule has 0 spiro atoms. The molecule has 122 valence electrons. The minimum atomic E-state index is 0.113. The van der Waals surface area contributed by atoms with Crippen LogP contribution in [0.1, 0.15) is 72.1 Å². The summed E-state index contributed by atoms with van der Waals surface area (Å²) in [5.74, 6) is 1.36. The fourth-order valence-electron chi connectivity index (χ4n) is 4.53. The lowest BCUT2D eigenvalue weighted by Gasteiger charge is -2.37. The van der Waals surface area contributed by atoms with E-state index in [4.69, 9.17) is 0 Å². The molecule has 0 aromatic rings. The molecule has 2 saturated carbocycles. The van der Waals surface area contributed by atoms with Crippen molar-refractivity contribution in [3.05, 3.63) is 0 Å². The van der Waals surface area contributed by atoms with E-state index in [0.29, 0.717) is 24.5 Å². The Morgan fingerprint density at radius 3 is 2.43 bits per heavy atom. The molecule has 2 N–H and O–H groups in total. The summed E-state index contributed by atoms with van der Waals surface area (Å²) < 4.78 is 0. The SMILES string of the molecule is C[C@H]1CCCCC(C)(C)C1C(=O)NC1CCC(CO)CC1. The average Bonchev–Trinajstić information content (AvgIpc) is 2.57. The normalized spacial score (nSPS) is 36.8. The van der Waals surface area contributed by atoms with Gasteiger partial charge < -0.3 is 10.4 Å².